The van der Waals surface area contributed by atoms with Crippen LogP contribution in [0, 0.1) is 17.0 Å². The van der Waals surface area contributed by atoms with Crippen molar-refractivity contribution in [2.24, 2.45) is 5.73 Å². The van der Waals surface area contributed by atoms with Crippen molar-refractivity contribution in [1.29, 1.82) is 0 Å². The number of anilines is 1. The van der Waals surface area contributed by atoms with Crippen LogP contribution >= 0.6 is 0 Å². The maximum absolute atomic E-state index is 12.2. The van der Waals surface area contributed by atoms with Gasteiger partial charge in [-0.2, -0.15) is 4.98 Å². The Morgan fingerprint density at radius 1 is 1.21 bits per heavy atom. The molecule has 1 aromatic heterocycles. The molecule has 1 aliphatic heterocycles. The van der Waals surface area contributed by atoms with Gasteiger partial charge in [-0.1, -0.05) is 42.0 Å². The summed E-state index contributed by atoms with van der Waals surface area (Å²) in [4.78, 5) is 27.4. The van der Waals surface area contributed by atoms with Gasteiger partial charge in [-0.3, -0.25) is 14.9 Å². The molecule has 1 amide bonds. The summed E-state index contributed by atoms with van der Waals surface area (Å²) in [6.07, 6.45) is 0. The van der Waals surface area contributed by atoms with Crippen molar-refractivity contribution in [3.8, 4) is 11.4 Å². The maximum Gasteiger partial charge on any atom is 0.270 e. The summed E-state index contributed by atoms with van der Waals surface area (Å²) in [5, 5.41) is 18.7. The fourth-order valence-electron chi connectivity index (χ4n) is 3.50. The van der Waals surface area contributed by atoms with E-state index in [2.05, 4.69) is 15.4 Å². The number of nitro groups is 1. The Hall–Kier alpha value is -4.01. The van der Waals surface area contributed by atoms with Crippen molar-refractivity contribution in [2.45, 2.75) is 19.9 Å². The zero-order valence-electron chi connectivity index (χ0n) is 15.8. The van der Waals surface area contributed by atoms with Crippen molar-refractivity contribution in [3.05, 3.63) is 81.0 Å². The van der Waals surface area contributed by atoms with Gasteiger partial charge in [0.05, 0.1) is 10.5 Å². The number of allylic oxidation sites excluding steroid dienone is 1. The number of hydrogen-bond acceptors (Lipinski definition) is 6. The van der Waals surface area contributed by atoms with Crippen molar-refractivity contribution in [2.75, 3.05) is 5.32 Å². The molecule has 4 rings (SSSR count). The number of aromatic nitrogens is 3. The summed E-state index contributed by atoms with van der Waals surface area (Å²) in [6.45, 7) is 3.72. The standard InChI is InChI=1S/C20H18N6O3/c1-11-5-3-6-13(9-11)17-16(18(21)27)12(2)22-20-23-19(24-25(17)20)14-7-4-8-15(10-14)26(28)29/h3-10,17H,1-2H3,(H2,21,27)(H,22,23,24). The van der Waals surface area contributed by atoms with Crippen LogP contribution in [0.15, 0.2) is 59.8 Å². The number of primary amides is 1. The molecule has 0 saturated heterocycles. The lowest BCUT2D eigenvalue weighted by molar-refractivity contribution is -0.384. The lowest BCUT2D eigenvalue weighted by atomic mass is 9.94. The van der Waals surface area contributed by atoms with E-state index in [0.717, 1.165) is 11.1 Å². The van der Waals surface area contributed by atoms with Gasteiger partial charge < -0.3 is 11.1 Å². The van der Waals surface area contributed by atoms with Crippen molar-refractivity contribution < 1.29 is 9.72 Å². The first-order valence-electron chi connectivity index (χ1n) is 8.90. The van der Waals surface area contributed by atoms with E-state index < -0.39 is 16.9 Å². The number of non-ortho nitro benzene ring substituents is 1. The van der Waals surface area contributed by atoms with Gasteiger partial charge in [0.25, 0.3) is 5.69 Å². The van der Waals surface area contributed by atoms with Gasteiger partial charge in [0.1, 0.15) is 6.04 Å². The molecular formula is C20H18N6O3. The molecule has 9 nitrogen and oxygen atoms in total. The lowest BCUT2D eigenvalue weighted by Gasteiger charge is -2.27. The van der Waals surface area contributed by atoms with Crippen LogP contribution in [0.4, 0.5) is 11.6 Å². The number of nitrogens with zero attached hydrogens (tertiary/aromatic N) is 4. The highest BCUT2D eigenvalue weighted by atomic mass is 16.6. The van der Waals surface area contributed by atoms with E-state index in [9.17, 15) is 14.9 Å². The van der Waals surface area contributed by atoms with E-state index >= 15 is 0 Å². The number of benzene rings is 2. The predicted molar refractivity (Wildman–Crippen MR) is 107 cm³/mol. The number of hydrogen-bond donors (Lipinski definition) is 2. The van der Waals surface area contributed by atoms with E-state index in [1.165, 1.54) is 12.1 Å². The normalized spacial score (nSPS) is 15.6. The summed E-state index contributed by atoms with van der Waals surface area (Å²) in [6, 6.07) is 13.3. The van der Waals surface area contributed by atoms with Gasteiger partial charge >= 0.3 is 0 Å². The number of fused-ring (bicyclic) bond motifs is 1. The second-order valence-electron chi connectivity index (χ2n) is 6.86. The van der Waals surface area contributed by atoms with E-state index in [1.54, 1.807) is 23.7 Å². The number of carbonyl (C=O) groups excluding carboxylic acids is 1. The van der Waals surface area contributed by atoms with Crippen LogP contribution in [-0.4, -0.2) is 25.6 Å². The Balaban J connectivity index is 1.88. The molecule has 0 bridgehead atoms. The number of nitrogens with two attached hydrogens (primary N) is 1. The number of rotatable bonds is 4. The zero-order valence-corrected chi connectivity index (χ0v) is 15.8. The molecule has 3 aromatic rings. The van der Waals surface area contributed by atoms with Crippen molar-refractivity contribution in [3.63, 3.8) is 0 Å². The van der Waals surface area contributed by atoms with Gasteiger partial charge in [-0.15, -0.1) is 5.10 Å². The molecule has 0 radical (unpaired) electrons. The number of carbonyl (C=O) groups is 1. The molecule has 3 N–H and O–H groups in total. The molecule has 0 aliphatic carbocycles. The van der Waals surface area contributed by atoms with Crippen molar-refractivity contribution >= 4 is 17.5 Å². The summed E-state index contributed by atoms with van der Waals surface area (Å²) in [7, 11) is 0. The average Bonchev–Trinajstić information content (AvgIpc) is 3.10. The van der Waals surface area contributed by atoms with E-state index in [0.29, 0.717) is 28.6 Å². The maximum atomic E-state index is 12.2. The van der Waals surface area contributed by atoms with E-state index in [-0.39, 0.29) is 5.69 Å². The minimum Gasteiger partial charge on any atom is -0.366 e. The molecule has 2 aromatic carbocycles. The fraction of sp³-hybridized carbons (Fsp3) is 0.150. The molecular weight excluding hydrogens is 372 g/mol. The topological polar surface area (TPSA) is 129 Å². The summed E-state index contributed by atoms with van der Waals surface area (Å²) in [5.41, 5.74) is 8.99. The first-order valence-corrected chi connectivity index (χ1v) is 8.90. The molecule has 2 heterocycles. The number of amides is 1. The van der Waals surface area contributed by atoms with Gasteiger partial charge in [0, 0.05) is 23.4 Å². The van der Waals surface area contributed by atoms with Crippen molar-refractivity contribution in [1.82, 2.24) is 14.8 Å². The van der Waals surface area contributed by atoms with E-state index in [1.807, 2.05) is 31.2 Å². The third-order valence-corrected chi connectivity index (χ3v) is 4.79. The number of nitrogens with one attached hydrogen (secondary N) is 1. The third-order valence-electron chi connectivity index (χ3n) is 4.79. The van der Waals surface area contributed by atoms with Crippen LogP contribution in [0.1, 0.15) is 24.1 Å². The molecule has 0 spiro atoms. The van der Waals surface area contributed by atoms with Crippen LogP contribution in [0.25, 0.3) is 11.4 Å². The quantitative estimate of drug-likeness (QED) is 0.520. The van der Waals surface area contributed by atoms with Gasteiger partial charge in [0.15, 0.2) is 5.82 Å². The number of aryl methyl sites for hydroxylation is 1. The van der Waals surface area contributed by atoms with Crippen LogP contribution < -0.4 is 11.1 Å². The Morgan fingerprint density at radius 3 is 2.66 bits per heavy atom. The molecule has 1 atom stereocenters. The summed E-state index contributed by atoms with van der Waals surface area (Å²) < 4.78 is 1.59. The minimum absolute atomic E-state index is 0.0504. The van der Waals surface area contributed by atoms with Crippen LogP contribution in [-0.2, 0) is 4.79 Å². The monoisotopic (exact) mass is 390 g/mol. The SMILES string of the molecule is CC1=C(C(N)=O)C(c2cccc(C)c2)n2nc(-c3cccc([N+](=O)[O-])c3)nc2N1. The Morgan fingerprint density at radius 2 is 1.97 bits per heavy atom. The first kappa shape index (κ1) is 18.4. The molecule has 29 heavy (non-hydrogen) atoms. The smallest absolute Gasteiger partial charge is 0.270 e. The van der Waals surface area contributed by atoms with Gasteiger partial charge in [-0.25, -0.2) is 4.68 Å². The molecule has 0 saturated carbocycles. The molecule has 1 aliphatic rings. The second-order valence-corrected chi connectivity index (χ2v) is 6.86. The second kappa shape index (κ2) is 6.86. The van der Waals surface area contributed by atoms with Crippen LogP contribution in [0.2, 0.25) is 0 Å². The Bertz CT molecular complexity index is 1180. The average molecular weight is 390 g/mol. The predicted octanol–water partition coefficient (Wildman–Crippen LogP) is 2.94. The minimum atomic E-state index is -0.556. The largest absolute Gasteiger partial charge is 0.366 e. The molecule has 9 heteroatoms. The van der Waals surface area contributed by atoms with Gasteiger partial charge in [-0.05, 0) is 19.4 Å². The summed E-state index contributed by atoms with van der Waals surface area (Å²) >= 11 is 0. The first-order chi connectivity index (χ1) is 13.8. The Kier molecular flexibility index (Phi) is 4.34. The number of nitro benzene ring substituents is 1. The highest BCUT2D eigenvalue weighted by molar-refractivity contribution is 5.95. The molecule has 1 unspecified atom stereocenters. The van der Waals surface area contributed by atoms with Gasteiger partial charge in [0.2, 0.25) is 11.9 Å². The molecule has 0 fully saturated rings. The van der Waals surface area contributed by atoms with Crippen LogP contribution in [0.5, 0.6) is 0 Å². The lowest BCUT2D eigenvalue weighted by Crippen LogP contribution is -2.31. The highest BCUT2D eigenvalue weighted by Crippen LogP contribution is 2.36. The van der Waals surface area contributed by atoms with E-state index in [4.69, 9.17) is 5.73 Å². The Labute approximate surface area is 166 Å². The van der Waals surface area contributed by atoms with Crippen LogP contribution in [0.3, 0.4) is 0 Å². The summed E-state index contributed by atoms with van der Waals surface area (Å²) in [5.74, 6) is 0.187. The third kappa shape index (κ3) is 3.22. The highest BCUT2D eigenvalue weighted by Gasteiger charge is 2.33. The molecule has 146 valence electrons. The zero-order chi connectivity index (χ0) is 20.7. The fourth-order valence-corrected chi connectivity index (χ4v) is 3.50.